The highest BCUT2D eigenvalue weighted by Gasteiger charge is 2.23. The zero-order valence-electron chi connectivity index (χ0n) is 12.0. The molecule has 0 saturated heterocycles. The van der Waals surface area contributed by atoms with Crippen molar-refractivity contribution in [3.8, 4) is 6.07 Å². The van der Waals surface area contributed by atoms with E-state index in [1.165, 1.54) is 17.5 Å². The Morgan fingerprint density at radius 1 is 1.19 bits per heavy atom. The van der Waals surface area contributed by atoms with Gasteiger partial charge in [0.25, 0.3) is 0 Å². The van der Waals surface area contributed by atoms with Crippen molar-refractivity contribution in [2.24, 2.45) is 0 Å². The van der Waals surface area contributed by atoms with Crippen molar-refractivity contribution in [1.82, 2.24) is 0 Å². The smallest absolute Gasteiger partial charge is 0.0991 e. The predicted octanol–water partition coefficient (Wildman–Crippen LogP) is 4.10. The molecule has 0 bridgehead atoms. The molecule has 0 fully saturated rings. The van der Waals surface area contributed by atoms with Gasteiger partial charge in [0.15, 0.2) is 0 Å². The zero-order valence-corrected chi connectivity index (χ0v) is 12.0. The molecule has 2 atom stereocenters. The van der Waals surface area contributed by atoms with Gasteiger partial charge in [0, 0.05) is 0 Å². The number of fused-ring (bicyclic) bond motifs is 1. The fourth-order valence-corrected chi connectivity index (χ4v) is 3.32. The van der Waals surface area contributed by atoms with Crippen LogP contribution >= 0.6 is 0 Å². The molecule has 0 saturated carbocycles. The van der Waals surface area contributed by atoms with Gasteiger partial charge in [0.2, 0.25) is 0 Å². The van der Waals surface area contributed by atoms with Gasteiger partial charge in [-0.2, -0.15) is 5.26 Å². The number of rotatable bonds is 3. The van der Waals surface area contributed by atoms with E-state index in [0.717, 1.165) is 24.8 Å². The minimum absolute atomic E-state index is 0.413. The van der Waals surface area contributed by atoms with Crippen molar-refractivity contribution in [1.29, 1.82) is 5.26 Å². The lowest BCUT2D eigenvalue weighted by Crippen LogP contribution is -2.13. The van der Waals surface area contributed by atoms with Crippen molar-refractivity contribution < 1.29 is 5.11 Å². The molecule has 0 radical (unpaired) electrons. The molecule has 2 aromatic carbocycles. The second kappa shape index (κ2) is 6.11. The van der Waals surface area contributed by atoms with Crippen LogP contribution in [0.3, 0.4) is 0 Å². The maximum absolute atomic E-state index is 10.5. The molecule has 2 aromatic rings. The van der Waals surface area contributed by atoms with Crippen LogP contribution in [0.2, 0.25) is 0 Å². The van der Waals surface area contributed by atoms with Gasteiger partial charge >= 0.3 is 0 Å². The van der Waals surface area contributed by atoms with E-state index in [-0.39, 0.29) is 0 Å². The fraction of sp³-hybridized carbons (Fsp3) is 0.316. The first kappa shape index (κ1) is 13.9. The number of nitriles is 1. The Morgan fingerprint density at radius 2 is 2.05 bits per heavy atom. The molecule has 1 N–H and O–H groups in total. The quantitative estimate of drug-likeness (QED) is 0.917. The van der Waals surface area contributed by atoms with Crippen LogP contribution in [0.4, 0.5) is 0 Å². The average Bonchev–Trinajstić information content (AvgIpc) is 2.55. The number of hydrogen-bond donors (Lipinski definition) is 1. The van der Waals surface area contributed by atoms with E-state index < -0.39 is 6.10 Å². The van der Waals surface area contributed by atoms with Gasteiger partial charge in [-0.05, 0) is 60.4 Å². The highest BCUT2D eigenvalue weighted by Crippen LogP contribution is 2.37. The summed E-state index contributed by atoms with van der Waals surface area (Å²) in [5.41, 5.74) is 4.26. The summed E-state index contributed by atoms with van der Waals surface area (Å²) < 4.78 is 0. The lowest BCUT2D eigenvalue weighted by Gasteiger charge is -2.27. The van der Waals surface area contributed by atoms with E-state index in [9.17, 15) is 5.11 Å². The molecule has 2 nitrogen and oxygen atoms in total. The molecule has 2 unspecified atom stereocenters. The second-order valence-corrected chi connectivity index (χ2v) is 5.78. The topological polar surface area (TPSA) is 44.0 Å². The van der Waals surface area contributed by atoms with Gasteiger partial charge in [0.05, 0.1) is 17.7 Å². The van der Waals surface area contributed by atoms with Gasteiger partial charge < -0.3 is 5.11 Å². The number of aliphatic hydroxyl groups excluding tert-OH is 1. The highest BCUT2D eigenvalue weighted by atomic mass is 16.3. The molecular formula is C19H19NO. The van der Waals surface area contributed by atoms with E-state index in [1.54, 1.807) is 12.1 Å². The summed E-state index contributed by atoms with van der Waals surface area (Å²) in [6.07, 6.45) is 3.69. The van der Waals surface area contributed by atoms with Gasteiger partial charge in [0.1, 0.15) is 0 Å². The van der Waals surface area contributed by atoms with E-state index in [2.05, 4.69) is 30.3 Å². The summed E-state index contributed by atoms with van der Waals surface area (Å²) in [7, 11) is 0. The van der Waals surface area contributed by atoms with Crippen molar-refractivity contribution in [3.63, 3.8) is 0 Å². The number of benzene rings is 2. The van der Waals surface area contributed by atoms with Crippen molar-refractivity contribution >= 4 is 0 Å². The van der Waals surface area contributed by atoms with Crippen LogP contribution in [-0.4, -0.2) is 5.11 Å². The van der Waals surface area contributed by atoms with Crippen LogP contribution in [0.5, 0.6) is 0 Å². The third-order valence-corrected chi connectivity index (χ3v) is 4.40. The molecule has 1 aliphatic carbocycles. The maximum Gasteiger partial charge on any atom is 0.0991 e. The van der Waals surface area contributed by atoms with Crippen LogP contribution in [0.15, 0.2) is 48.5 Å². The third kappa shape index (κ3) is 2.99. The van der Waals surface area contributed by atoms with E-state index in [0.29, 0.717) is 11.5 Å². The summed E-state index contributed by atoms with van der Waals surface area (Å²) in [4.78, 5) is 0. The van der Waals surface area contributed by atoms with E-state index >= 15 is 0 Å². The molecule has 2 heteroatoms. The van der Waals surface area contributed by atoms with Crippen LogP contribution in [-0.2, 0) is 6.42 Å². The zero-order chi connectivity index (χ0) is 14.7. The standard InChI is InChI=1S/C19H19NO/c20-13-14-5-3-9-17(11-14)19(21)12-16-8-4-7-15-6-1-2-10-18(15)16/h1-3,5-6,9-11,16,19,21H,4,7-8,12H2. The lowest BCUT2D eigenvalue weighted by atomic mass is 9.79. The molecular weight excluding hydrogens is 258 g/mol. The Morgan fingerprint density at radius 3 is 2.90 bits per heavy atom. The summed E-state index contributed by atoms with van der Waals surface area (Å²) in [6.45, 7) is 0. The first-order valence-corrected chi connectivity index (χ1v) is 7.54. The third-order valence-electron chi connectivity index (χ3n) is 4.40. The number of aliphatic hydroxyl groups is 1. The van der Waals surface area contributed by atoms with Crippen molar-refractivity contribution in [2.75, 3.05) is 0 Å². The Bertz CT molecular complexity index is 671. The van der Waals surface area contributed by atoms with Gasteiger partial charge in [-0.1, -0.05) is 36.4 Å². The van der Waals surface area contributed by atoms with Crippen LogP contribution in [0.1, 0.15) is 53.5 Å². The Kier molecular flexibility index (Phi) is 4.03. The minimum Gasteiger partial charge on any atom is -0.388 e. The molecule has 0 heterocycles. The van der Waals surface area contributed by atoms with Crippen LogP contribution in [0, 0.1) is 11.3 Å². The summed E-state index contributed by atoms with van der Waals surface area (Å²) in [6, 6.07) is 18.0. The SMILES string of the molecule is N#Cc1cccc(C(O)CC2CCCc3ccccc32)c1. The molecule has 0 aromatic heterocycles. The molecule has 0 amide bonds. The molecule has 1 aliphatic rings. The Hall–Kier alpha value is -2.11. The molecule has 0 spiro atoms. The summed E-state index contributed by atoms with van der Waals surface area (Å²) in [5, 5.41) is 19.5. The molecule has 3 rings (SSSR count). The monoisotopic (exact) mass is 277 g/mol. The fourth-order valence-electron chi connectivity index (χ4n) is 3.32. The maximum atomic E-state index is 10.5. The molecule has 21 heavy (non-hydrogen) atoms. The largest absolute Gasteiger partial charge is 0.388 e. The normalized spacial score (nSPS) is 18.6. The van der Waals surface area contributed by atoms with Crippen molar-refractivity contribution in [2.45, 2.75) is 37.7 Å². The first-order chi connectivity index (χ1) is 10.3. The predicted molar refractivity (Wildman–Crippen MR) is 82.9 cm³/mol. The van der Waals surface area contributed by atoms with Crippen LogP contribution < -0.4 is 0 Å². The number of aryl methyl sites for hydroxylation is 1. The van der Waals surface area contributed by atoms with Gasteiger partial charge in [-0.15, -0.1) is 0 Å². The van der Waals surface area contributed by atoms with E-state index in [4.69, 9.17) is 5.26 Å². The average molecular weight is 277 g/mol. The van der Waals surface area contributed by atoms with Gasteiger partial charge in [-0.25, -0.2) is 0 Å². The second-order valence-electron chi connectivity index (χ2n) is 5.78. The highest BCUT2D eigenvalue weighted by molar-refractivity contribution is 5.35. The van der Waals surface area contributed by atoms with E-state index in [1.807, 2.05) is 12.1 Å². The number of nitrogens with zero attached hydrogens (tertiary/aromatic N) is 1. The summed E-state index contributed by atoms with van der Waals surface area (Å²) in [5.74, 6) is 0.413. The molecule has 106 valence electrons. The first-order valence-electron chi connectivity index (χ1n) is 7.54. The van der Waals surface area contributed by atoms with Gasteiger partial charge in [-0.3, -0.25) is 0 Å². The van der Waals surface area contributed by atoms with Crippen LogP contribution in [0.25, 0.3) is 0 Å². The molecule has 0 aliphatic heterocycles. The van der Waals surface area contributed by atoms with Crippen molar-refractivity contribution in [3.05, 3.63) is 70.8 Å². The minimum atomic E-state index is -0.505. The number of hydrogen-bond acceptors (Lipinski definition) is 2. The lowest BCUT2D eigenvalue weighted by molar-refractivity contribution is 0.154. The Labute approximate surface area is 125 Å². The summed E-state index contributed by atoms with van der Waals surface area (Å²) >= 11 is 0. The Balaban J connectivity index is 1.79.